The van der Waals surface area contributed by atoms with E-state index in [0.717, 1.165) is 12.3 Å². The molecule has 0 spiro atoms. The van der Waals surface area contributed by atoms with E-state index in [0.29, 0.717) is 11.4 Å². The molecule has 0 bridgehead atoms. The molecule has 0 saturated heterocycles. The summed E-state index contributed by atoms with van der Waals surface area (Å²) in [6.07, 6.45) is 0.600. The number of carbonyl (C=O) groups is 1. The molecule has 204 valence electrons. The van der Waals surface area contributed by atoms with E-state index in [1.165, 1.54) is 35.2 Å². The lowest BCUT2D eigenvalue weighted by molar-refractivity contribution is -0.141. The fourth-order valence-electron chi connectivity index (χ4n) is 3.92. The molecule has 4 rings (SSSR count). The maximum absolute atomic E-state index is 13.5. The van der Waals surface area contributed by atoms with Crippen LogP contribution in [0.25, 0.3) is 16.9 Å². The van der Waals surface area contributed by atoms with Crippen LogP contribution in [-0.2, 0) is 22.4 Å². The topological polar surface area (TPSA) is 130 Å². The number of rotatable bonds is 7. The molecule has 0 saturated carbocycles. The van der Waals surface area contributed by atoms with Gasteiger partial charge >= 0.3 is 6.18 Å². The second-order valence-corrected chi connectivity index (χ2v) is 10.6. The molecule has 3 aromatic heterocycles. The molecule has 3 heterocycles. The second-order valence-electron chi connectivity index (χ2n) is 8.53. The number of hydrogen-bond donors (Lipinski definition) is 2. The normalized spacial score (nSPS) is 12.7. The first-order valence-electron chi connectivity index (χ1n) is 11.5. The van der Waals surface area contributed by atoms with Crippen LogP contribution in [-0.4, -0.2) is 30.5 Å². The number of amides is 1. The fourth-order valence-corrected chi connectivity index (χ4v) is 4.76. The van der Waals surface area contributed by atoms with Gasteiger partial charge in [-0.3, -0.25) is 14.6 Å². The number of halogens is 3. The van der Waals surface area contributed by atoms with Crippen molar-refractivity contribution in [1.29, 1.82) is 5.26 Å². The summed E-state index contributed by atoms with van der Waals surface area (Å²) in [4.78, 5) is 34.6. The number of nitrogens with one attached hydrogen (secondary N) is 2. The Bertz CT molecular complexity index is 1780. The van der Waals surface area contributed by atoms with Crippen LogP contribution in [0.15, 0.2) is 82.9 Å². The highest BCUT2D eigenvalue weighted by atomic mass is 32.2. The molecule has 4 aromatic rings. The molecule has 40 heavy (non-hydrogen) atoms. The molecular weight excluding hydrogens is 545 g/mol. The predicted molar refractivity (Wildman–Crippen MR) is 143 cm³/mol. The fraction of sp³-hybridized carbons (Fsp3) is 0.111. The molecule has 0 aliphatic rings. The third-order valence-electron chi connectivity index (χ3n) is 5.90. The Balaban J connectivity index is 1.74. The zero-order chi connectivity index (χ0) is 29.1. The summed E-state index contributed by atoms with van der Waals surface area (Å²) in [6.45, 7) is 1.52. The van der Waals surface area contributed by atoms with Crippen molar-refractivity contribution >= 4 is 21.5 Å². The number of hydrogen-bond acceptors (Lipinski definition) is 6. The number of pyridine rings is 3. The lowest BCUT2D eigenvalue weighted by atomic mass is 10.0. The minimum atomic E-state index is -4.74. The lowest BCUT2D eigenvalue weighted by Crippen LogP contribution is -2.31. The van der Waals surface area contributed by atoms with E-state index < -0.39 is 32.9 Å². The summed E-state index contributed by atoms with van der Waals surface area (Å²) in [5.41, 5.74) is -1.55. The number of nitrogens with zero attached hydrogens (tertiary/aromatic N) is 4. The predicted octanol–water partition coefficient (Wildman–Crippen LogP) is 3.61. The Morgan fingerprint density at radius 3 is 2.48 bits per heavy atom. The van der Waals surface area contributed by atoms with Crippen LogP contribution in [0.5, 0.6) is 0 Å². The van der Waals surface area contributed by atoms with Crippen LogP contribution in [0.3, 0.4) is 0 Å². The van der Waals surface area contributed by atoms with Crippen LogP contribution in [0.2, 0.25) is 0 Å². The van der Waals surface area contributed by atoms with Gasteiger partial charge in [0.1, 0.15) is 17.1 Å². The molecule has 0 aliphatic carbocycles. The number of alkyl halides is 3. The highest BCUT2D eigenvalue weighted by Crippen LogP contribution is 2.31. The zero-order valence-electron chi connectivity index (χ0n) is 20.9. The number of aromatic nitrogens is 3. The Hall–Kier alpha value is -4.96. The molecule has 1 aromatic carbocycles. The van der Waals surface area contributed by atoms with E-state index in [-0.39, 0.29) is 33.8 Å². The van der Waals surface area contributed by atoms with Gasteiger partial charge in [-0.1, -0.05) is 18.2 Å². The van der Waals surface area contributed by atoms with Gasteiger partial charge in [0.2, 0.25) is 5.43 Å². The van der Waals surface area contributed by atoms with Crippen LogP contribution in [0.1, 0.15) is 27.3 Å². The van der Waals surface area contributed by atoms with Gasteiger partial charge in [-0.05, 0) is 60.3 Å². The third kappa shape index (κ3) is 5.87. The zero-order valence-corrected chi connectivity index (χ0v) is 21.7. The third-order valence-corrected chi connectivity index (χ3v) is 7.36. The molecule has 0 fully saturated rings. The summed E-state index contributed by atoms with van der Waals surface area (Å²) in [7, 11) is -3.01. The van der Waals surface area contributed by atoms with Crippen molar-refractivity contribution in [1.82, 2.24) is 24.6 Å². The Kier molecular flexibility index (Phi) is 7.74. The minimum Gasteiger partial charge on any atom is -0.348 e. The summed E-state index contributed by atoms with van der Waals surface area (Å²) >= 11 is 0. The summed E-state index contributed by atoms with van der Waals surface area (Å²) in [5, 5.41) is 11.4. The molecule has 0 aliphatic heterocycles. The van der Waals surface area contributed by atoms with Gasteiger partial charge in [-0.25, -0.2) is 13.9 Å². The lowest BCUT2D eigenvalue weighted by Gasteiger charge is -2.17. The first kappa shape index (κ1) is 28.1. The quantitative estimate of drug-likeness (QED) is 0.200. The minimum absolute atomic E-state index is 0.0250. The van der Waals surface area contributed by atoms with Crippen molar-refractivity contribution in [3.8, 4) is 23.1 Å². The van der Waals surface area contributed by atoms with Gasteiger partial charge < -0.3 is 9.88 Å². The van der Waals surface area contributed by atoms with Crippen LogP contribution in [0, 0.1) is 18.4 Å². The van der Waals surface area contributed by atoms with Gasteiger partial charge in [-0.2, -0.15) is 18.4 Å². The molecule has 2 N–H and O–H groups in total. The maximum Gasteiger partial charge on any atom is 0.433 e. The van der Waals surface area contributed by atoms with Crippen LogP contribution in [0.4, 0.5) is 13.2 Å². The Morgan fingerprint density at radius 1 is 1.12 bits per heavy atom. The van der Waals surface area contributed by atoms with E-state index >= 15 is 0 Å². The number of nitriles is 1. The van der Waals surface area contributed by atoms with Crippen LogP contribution < -0.4 is 15.5 Å². The van der Waals surface area contributed by atoms with E-state index in [1.807, 2.05) is 0 Å². The average Bonchev–Trinajstić information content (AvgIpc) is 2.92. The highest BCUT2D eigenvalue weighted by molar-refractivity contribution is 7.98. The average molecular weight is 567 g/mol. The standard InChI is InChI=1S/C27H21F3N6O3S/c1-17-24(19-10-12-32-22(13-19)27(28,29)30)25(37)21(15-36(17)23-5-3-4-11-33-23)26(38)34-14-18-6-8-20(9-7-18)40(2,39)35-16-31/h3-13,15H,2,14H2,1H3,(H,34,38)(H,35,39). The van der Waals surface area contributed by atoms with Crippen molar-refractivity contribution in [2.75, 3.05) is 0 Å². The highest BCUT2D eigenvalue weighted by Gasteiger charge is 2.33. The van der Waals surface area contributed by atoms with Crippen molar-refractivity contribution in [3.05, 3.63) is 106 Å². The van der Waals surface area contributed by atoms with Gasteiger partial charge in [0.05, 0.1) is 14.6 Å². The maximum atomic E-state index is 13.5. The number of carbonyl (C=O) groups excluding carboxylic acids is 1. The molecule has 1 unspecified atom stereocenters. The second kappa shape index (κ2) is 11.0. The van der Waals surface area contributed by atoms with Crippen molar-refractivity contribution in [2.24, 2.45) is 0 Å². The Morgan fingerprint density at radius 2 is 1.85 bits per heavy atom. The number of benzene rings is 1. The van der Waals surface area contributed by atoms with Crippen molar-refractivity contribution in [3.63, 3.8) is 0 Å². The van der Waals surface area contributed by atoms with E-state index in [1.54, 1.807) is 43.4 Å². The molecular formula is C27H21F3N6O3S. The molecule has 0 radical (unpaired) electrons. The van der Waals surface area contributed by atoms with Gasteiger partial charge in [-0.15, -0.1) is 0 Å². The van der Waals surface area contributed by atoms with Crippen molar-refractivity contribution < 1.29 is 22.2 Å². The largest absolute Gasteiger partial charge is 0.433 e. The SMILES string of the molecule is C=S(=O)(NC#N)c1ccc(CNC(=O)c2cn(-c3ccccn3)c(C)c(-c3ccnc(C(F)(F)F)c3)c2=O)cc1. The monoisotopic (exact) mass is 566 g/mol. The van der Waals surface area contributed by atoms with Gasteiger partial charge in [0.15, 0.2) is 6.19 Å². The Labute approximate surface area is 227 Å². The van der Waals surface area contributed by atoms with E-state index in [9.17, 15) is 27.0 Å². The molecule has 13 heteroatoms. The molecule has 9 nitrogen and oxygen atoms in total. The van der Waals surface area contributed by atoms with Gasteiger partial charge in [0.25, 0.3) is 5.91 Å². The van der Waals surface area contributed by atoms with Gasteiger partial charge in [0, 0.05) is 36.4 Å². The molecule has 1 amide bonds. The summed E-state index contributed by atoms with van der Waals surface area (Å²) in [5.74, 6) is 3.07. The van der Waals surface area contributed by atoms with E-state index in [4.69, 9.17) is 5.26 Å². The van der Waals surface area contributed by atoms with E-state index in [2.05, 4.69) is 25.9 Å². The smallest absolute Gasteiger partial charge is 0.348 e. The summed E-state index contributed by atoms with van der Waals surface area (Å²) in [6, 6.07) is 13.1. The summed E-state index contributed by atoms with van der Waals surface area (Å²) < 4.78 is 56.1. The van der Waals surface area contributed by atoms with Crippen LogP contribution >= 0.6 is 0 Å². The van der Waals surface area contributed by atoms with Crippen molar-refractivity contribution in [2.45, 2.75) is 24.5 Å². The molecule has 1 atom stereocenters. The first-order chi connectivity index (χ1) is 18.9. The first-order valence-corrected chi connectivity index (χ1v) is 13.3.